The summed E-state index contributed by atoms with van der Waals surface area (Å²) >= 11 is 0. The minimum absolute atomic E-state index is 0. The fraction of sp³-hybridized carbons (Fsp3) is 1.00. The van der Waals surface area contributed by atoms with E-state index in [9.17, 15) is 0 Å². The van der Waals surface area contributed by atoms with Gasteiger partial charge in [-0.05, 0) is 50.0 Å². The molecule has 0 spiro atoms. The largest absolute Gasteiger partial charge is 0.379 e. The van der Waals surface area contributed by atoms with Crippen LogP contribution in [0.2, 0.25) is 0 Å². The van der Waals surface area contributed by atoms with Gasteiger partial charge in [0, 0.05) is 18.6 Å². The number of hydrogen-bond acceptors (Lipinski definition) is 3. The molecule has 3 aliphatic rings. The Balaban J connectivity index is 0.00000161. The Labute approximate surface area is 136 Å². The summed E-state index contributed by atoms with van der Waals surface area (Å²) in [4.78, 5) is 0. The zero-order chi connectivity index (χ0) is 13.8. The van der Waals surface area contributed by atoms with Crippen molar-refractivity contribution in [2.45, 2.75) is 64.0 Å². The van der Waals surface area contributed by atoms with E-state index < -0.39 is 0 Å². The van der Waals surface area contributed by atoms with Gasteiger partial charge in [-0.2, -0.15) is 0 Å². The molecule has 2 aliphatic carbocycles. The molecule has 3 rings (SSSR count). The predicted molar refractivity (Wildman–Crippen MR) is 90.1 cm³/mol. The van der Waals surface area contributed by atoms with Crippen molar-refractivity contribution in [2.75, 3.05) is 26.3 Å². The van der Waals surface area contributed by atoms with Gasteiger partial charge in [0.05, 0.1) is 13.2 Å². The van der Waals surface area contributed by atoms with Crippen LogP contribution in [0.4, 0.5) is 0 Å². The summed E-state index contributed by atoms with van der Waals surface area (Å²) in [5.74, 6) is 2.66. The molecule has 3 nitrogen and oxygen atoms in total. The van der Waals surface area contributed by atoms with Crippen LogP contribution in [0, 0.1) is 17.8 Å². The van der Waals surface area contributed by atoms with E-state index in [1.54, 1.807) is 0 Å². The first-order valence-electron chi connectivity index (χ1n) is 8.87. The Morgan fingerprint density at radius 1 is 1.14 bits per heavy atom. The molecule has 2 saturated carbocycles. The van der Waals surface area contributed by atoms with E-state index in [1.807, 2.05) is 0 Å². The van der Waals surface area contributed by atoms with Crippen molar-refractivity contribution in [3.8, 4) is 0 Å². The number of nitrogens with one attached hydrogen (secondary N) is 2. The fourth-order valence-corrected chi connectivity index (χ4v) is 4.65. The lowest BCUT2D eigenvalue weighted by Gasteiger charge is -2.34. The first kappa shape index (κ1) is 17.5. The van der Waals surface area contributed by atoms with Crippen molar-refractivity contribution in [3.63, 3.8) is 0 Å². The molecule has 3 fully saturated rings. The van der Waals surface area contributed by atoms with Gasteiger partial charge < -0.3 is 15.4 Å². The first-order chi connectivity index (χ1) is 9.83. The van der Waals surface area contributed by atoms with Gasteiger partial charge in [0.2, 0.25) is 0 Å². The minimum Gasteiger partial charge on any atom is -0.379 e. The SMILES string of the molecule is CC1CCCC(CNC2CCCC2C2COCCN2)C1.Cl. The molecule has 5 unspecified atom stereocenters. The molecule has 0 aromatic heterocycles. The van der Waals surface area contributed by atoms with Gasteiger partial charge in [0.25, 0.3) is 0 Å². The van der Waals surface area contributed by atoms with Crippen molar-refractivity contribution >= 4 is 12.4 Å². The smallest absolute Gasteiger partial charge is 0.0623 e. The Morgan fingerprint density at radius 3 is 2.76 bits per heavy atom. The van der Waals surface area contributed by atoms with Crippen LogP contribution < -0.4 is 10.6 Å². The van der Waals surface area contributed by atoms with Gasteiger partial charge in [-0.1, -0.05) is 26.2 Å². The zero-order valence-corrected chi connectivity index (χ0v) is 14.3. The van der Waals surface area contributed by atoms with Gasteiger partial charge in [-0.15, -0.1) is 12.4 Å². The van der Waals surface area contributed by atoms with Crippen LogP contribution in [-0.4, -0.2) is 38.4 Å². The molecule has 5 atom stereocenters. The lowest BCUT2D eigenvalue weighted by atomic mass is 9.82. The Kier molecular flexibility index (Phi) is 7.27. The molecule has 0 amide bonds. The maximum atomic E-state index is 5.66. The third-order valence-corrected chi connectivity index (χ3v) is 5.75. The Morgan fingerprint density at radius 2 is 2.00 bits per heavy atom. The normalized spacial score (nSPS) is 40.7. The average molecular weight is 317 g/mol. The number of hydrogen-bond donors (Lipinski definition) is 2. The number of halogens is 1. The van der Waals surface area contributed by atoms with E-state index >= 15 is 0 Å². The van der Waals surface area contributed by atoms with Crippen molar-refractivity contribution < 1.29 is 4.74 Å². The van der Waals surface area contributed by atoms with E-state index in [0.29, 0.717) is 6.04 Å². The van der Waals surface area contributed by atoms with Crippen LogP contribution >= 0.6 is 12.4 Å². The number of morpholine rings is 1. The lowest BCUT2D eigenvalue weighted by Crippen LogP contribution is -2.51. The van der Waals surface area contributed by atoms with Gasteiger partial charge >= 0.3 is 0 Å². The highest BCUT2D eigenvalue weighted by molar-refractivity contribution is 5.85. The topological polar surface area (TPSA) is 33.3 Å². The molecule has 2 N–H and O–H groups in total. The van der Waals surface area contributed by atoms with Crippen molar-refractivity contribution in [3.05, 3.63) is 0 Å². The van der Waals surface area contributed by atoms with Crippen molar-refractivity contribution in [1.82, 2.24) is 10.6 Å². The molecule has 0 radical (unpaired) electrons. The van der Waals surface area contributed by atoms with Crippen LogP contribution in [0.1, 0.15) is 51.9 Å². The molecular weight excluding hydrogens is 284 g/mol. The molecule has 1 heterocycles. The fourth-order valence-electron chi connectivity index (χ4n) is 4.65. The van der Waals surface area contributed by atoms with E-state index in [1.165, 1.54) is 51.5 Å². The Bertz CT molecular complexity index is 297. The summed E-state index contributed by atoms with van der Waals surface area (Å²) in [6.45, 7) is 6.52. The summed E-state index contributed by atoms with van der Waals surface area (Å²) in [7, 11) is 0. The van der Waals surface area contributed by atoms with Gasteiger partial charge in [-0.3, -0.25) is 0 Å². The highest BCUT2D eigenvalue weighted by Crippen LogP contribution is 2.31. The number of ether oxygens (including phenoxy) is 1. The molecule has 124 valence electrons. The molecule has 0 aromatic carbocycles. The summed E-state index contributed by atoms with van der Waals surface area (Å²) in [6, 6.07) is 1.32. The third kappa shape index (κ3) is 4.82. The summed E-state index contributed by atoms with van der Waals surface area (Å²) in [6.07, 6.45) is 9.91. The van der Waals surface area contributed by atoms with Gasteiger partial charge in [0.1, 0.15) is 0 Å². The number of rotatable bonds is 4. The first-order valence-corrected chi connectivity index (χ1v) is 8.87. The molecule has 4 heteroatoms. The zero-order valence-electron chi connectivity index (χ0n) is 13.5. The summed E-state index contributed by atoms with van der Waals surface area (Å²) in [5.41, 5.74) is 0. The van der Waals surface area contributed by atoms with E-state index in [2.05, 4.69) is 17.6 Å². The van der Waals surface area contributed by atoms with Crippen LogP contribution in [0.3, 0.4) is 0 Å². The van der Waals surface area contributed by atoms with Crippen molar-refractivity contribution in [1.29, 1.82) is 0 Å². The second kappa shape index (κ2) is 8.71. The molecule has 0 aromatic rings. The predicted octanol–water partition coefficient (Wildman–Crippen LogP) is 2.98. The maximum Gasteiger partial charge on any atom is 0.0623 e. The van der Waals surface area contributed by atoms with Gasteiger partial charge in [-0.25, -0.2) is 0 Å². The molecular formula is C17H33ClN2O. The molecule has 1 saturated heterocycles. The quantitative estimate of drug-likeness (QED) is 0.836. The Hall–Kier alpha value is 0.170. The van der Waals surface area contributed by atoms with E-state index in [4.69, 9.17) is 4.74 Å². The van der Waals surface area contributed by atoms with Crippen molar-refractivity contribution in [2.24, 2.45) is 17.8 Å². The average Bonchev–Trinajstić information content (AvgIpc) is 2.95. The summed E-state index contributed by atoms with van der Waals surface area (Å²) < 4.78 is 5.66. The molecule has 1 aliphatic heterocycles. The summed E-state index contributed by atoms with van der Waals surface area (Å²) in [5, 5.41) is 7.59. The maximum absolute atomic E-state index is 5.66. The molecule has 21 heavy (non-hydrogen) atoms. The second-order valence-corrected chi connectivity index (χ2v) is 7.38. The van der Waals surface area contributed by atoms with Crippen LogP contribution in [0.25, 0.3) is 0 Å². The highest BCUT2D eigenvalue weighted by Gasteiger charge is 2.34. The van der Waals surface area contributed by atoms with E-state index in [0.717, 1.165) is 43.6 Å². The molecule has 0 bridgehead atoms. The monoisotopic (exact) mass is 316 g/mol. The van der Waals surface area contributed by atoms with E-state index in [-0.39, 0.29) is 12.4 Å². The van der Waals surface area contributed by atoms with Crippen LogP contribution in [0.15, 0.2) is 0 Å². The lowest BCUT2D eigenvalue weighted by molar-refractivity contribution is 0.0520. The second-order valence-electron chi connectivity index (χ2n) is 7.38. The third-order valence-electron chi connectivity index (χ3n) is 5.75. The van der Waals surface area contributed by atoms with Crippen LogP contribution in [0.5, 0.6) is 0 Å². The standard InChI is InChI=1S/C17H32N2O.ClH/c1-13-4-2-5-14(10-13)11-19-16-7-3-6-15(16)17-12-20-9-8-18-17;/h13-19H,2-12H2,1H3;1H. The van der Waals surface area contributed by atoms with Gasteiger partial charge in [0.15, 0.2) is 0 Å². The minimum atomic E-state index is 0. The van der Waals surface area contributed by atoms with Crippen LogP contribution in [-0.2, 0) is 4.74 Å². The highest BCUT2D eigenvalue weighted by atomic mass is 35.5.